The number of rotatable bonds is 3. The first kappa shape index (κ1) is 14.2. The van der Waals surface area contributed by atoms with Gasteiger partial charge in [-0.3, -0.25) is 4.79 Å². The lowest BCUT2D eigenvalue weighted by Gasteiger charge is -2.32. The van der Waals surface area contributed by atoms with Crippen LogP contribution in [0.5, 0.6) is 0 Å². The van der Waals surface area contributed by atoms with Crippen molar-refractivity contribution in [1.29, 1.82) is 0 Å². The molecule has 0 aliphatic carbocycles. The molecule has 1 fully saturated rings. The monoisotopic (exact) mass is 280 g/mol. The number of nitrogens with zero attached hydrogens (tertiary/aromatic N) is 1. The second-order valence-corrected chi connectivity index (χ2v) is 5.98. The van der Waals surface area contributed by atoms with Crippen molar-refractivity contribution in [3.05, 3.63) is 24.3 Å². The van der Waals surface area contributed by atoms with Gasteiger partial charge in [-0.1, -0.05) is 6.92 Å². The number of hydrogen-bond donors (Lipinski definition) is 1. The van der Waals surface area contributed by atoms with E-state index in [-0.39, 0.29) is 5.91 Å². The van der Waals surface area contributed by atoms with Crippen LogP contribution >= 0.6 is 11.6 Å². The van der Waals surface area contributed by atoms with E-state index in [1.54, 1.807) is 6.92 Å². The number of benzene rings is 1. The third-order valence-electron chi connectivity index (χ3n) is 3.64. The highest BCUT2D eigenvalue weighted by Crippen LogP contribution is 2.24. The van der Waals surface area contributed by atoms with Crippen LogP contribution in [0.3, 0.4) is 0 Å². The first-order chi connectivity index (χ1) is 9.06. The number of carbonyl (C=O) groups excluding carboxylic acids is 1. The zero-order valence-electron chi connectivity index (χ0n) is 11.5. The van der Waals surface area contributed by atoms with Gasteiger partial charge in [0, 0.05) is 24.5 Å². The second kappa shape index (κ2) is 6.29. The van der Waals surface area contributed by atoms with Gasteiger partial charge in [0.25, 0.3) is 0 Å². The Kier molecular flexibility index (Phi) is 4.70. The average molecular weight is 281 g/mol. The summed E-state index contributed by atoms with van der Waals surface area (Å²) in [6, 6.07) is 7.99. The highest BCUT2D eigenvalue weighted by molar-refractivity contribution is 6.32. The fraction of sp³-hybridized carbons (Fsp3) is 0.533. The third-order valence-corrected chi connectivity index (χ3v) is 3.84. The second-order valence-electron chi connectivity index (χ2n) is 5.32. The van der Waals surface area contributed by atoms with Crippen LogP contribution in [0.15, 0.2) is 24.3 Å². The Labute approximate surface area is 119 Å². The molecule has 0 radical (unpaired) electrons. The Bertz CT molecular complexity index is 422. The standard InChI is InChI=1S/C15H21ClN2O/c1-11-7-9-18(10-8-11)14-5-3-13(4-6-14)17-15(19)12(2)16/h3-6,11-12H,7-10H2,1-2H3,(H,17,19)/t12-/m0/s1. The topological polar surface area (TPSA) is 32.3 Å². The van der Waals surface area contributed by atoms with Crippen molar-refractivity contribution < 1.29 is 4.79 Å². The molecular weight excluding hydrogens is 260 g/mol. The van der Waals surface area contributed by atoms with Crippen LogP contribution in [0.4, 0.5) is 11.4 Å². The van der Waals surface area contributed by atoms with Gasteiger partial charge in [0.1, 0.15) is 5.38 Å². The van der Waals surface area contributed by atoms with Crippen LogP contribution in [-0.4, -0.2) is 24.4 Å². The lowest BCUT2D eigenvalue weighted by Crippen LogP contribution is -2.32. The van der Waals surface area contributed by atoms with Crippen molar-refractivity contribution in [2.45, 2.75) is 32.1 Å². The van der Waals surface area contributed by atoms with E-state index in [1.165, 1.54) is 18.5 Å². The first-order valence-electron chi connectivity index (χ1n) is 6.86. The van der Waals surface area contributed by atoms with Crippen molar-refractivity contribution in [1.82, 2.24) is 0 Å². The van der Waals surface area contributed by atoms with Crippen LogP contribution < -0.4 is 10.2 Å². The summed E-state index contributed by atoms with van der Waals surface area (Å²) in [7, 11) is 0. The van der Waals surface area contributed by atoms with E-state index < -0.39 is 5.38 Å². The molecule has 1 aliphatic heterocycles. The highest BCUT2D eigenvalue weighted by atomic mass is 35.5. The molecule has 2 rings (SSSR count). The Morgan fingerprint density at radius 2 is 1.89 bits per heavy atom. The fourth-order valence-electron chi connectivity index (χ4n) is 2.26. The molecule has 1 saturated heterocycles. The van der Waals surface area contributed by atoms with Crippen LogP contribution in [-0.2, 0) is 4.79 Å². The van der Waals surface area contributed by atoms with Crippen molar-refractivity contribution >= 4 is 28.9 Å². The van der Waals surface area contributed by atoms with Crippen LogP contribution in [0.1, 0.15) is 26.7 Å². The van der Waals surface area contributed by atoms with Gasteiger partial charge in [0.15, 0.2) is 0 Å². The van der Waals surface area contributed by atoms with E-state index in [4.69, 9.17) is 11.6 Å². The van der Waals surface area contributed by atoms with Crippen LogP contribution in [0.25, 0.3) is 0 Å². The van der Waals surface area contributed by atoms with Crippen molar-refractivity contribution in [2.75, 3.05) is 23.3 Å². The smallest absolute Gasteiger partial charge is 0.242 e. The van der Waals surface area contributed by atoms with E-state index >= 15 is 0 Å². The predicted molar refractivity (Wildman–Crippen MR) is 81.0 cm³/mol. The van der Waals surface area contributed by atoms with E-state index in [0.29, 0.717) is 0 Å². The molecule has 1 amide bonds. The SMILES string of the molecule is CC1CCN(c2ccc(NC(=O)[C@H](C)Cl)cc2)CC1. The van der Waals surface area contributed by atoms with Gasteiger partial charge < -0.3 is 10.2 Å². The van der Waals surface area contributed by atoms with Gasteiger partial charge in [-0.2, -0.15) is 0 Å². The van der Waals surface area contributed by atoms with Crippen molar-refractivity contribution in [3.8, 4) is 0 Å². The summed E-state index contributed by atoms with van der Waals surface area (Å²) < 4.78 is 0. The summed E-state index contributed by atoms with van der Waals surface area (Å²) in [6.07, 6.45) is 2.50. The number of piperidine rings is 1. The molecule has 1 aromatic carbocycles. The molecular formula is C15H21ClN2O. The highest BCUT2D eigenvalue weighted by Gasteiger charge is 2.16. The van der Waals surface area contributed by atoms with E-state index in [9.17, 15) is 4.79 Å². The number of nitrogens with one attached hydrogen (secondary N) is 1. The van der Waals surface area contributed by atoms with Crippen LogP contribution in [0, 0.1) is 5.92 Å². The maximum Gasteiger partial charge on any atom is 0.242 e. The number of alkyl halides is 1. The van der Waals surface area contributed by atoms with E-state index in [0.717, 1.165) is 24.7 Å². The molecule has 0 unspecified atom stereocenters. The summed E-state index contributed by atoms with van der Waals surface area (Å²) in [5.41, 5.74) is 2.02. The minimum atomic E-state index is -0.511. The number of amides is 1. The zero-order valence-corrected chi connectivity index (χ0v) is 12.3. The number of hydrogen-bond acceptors (Lipinski definition) is 2. The lowest BCUT2D eigenvalue weighted by atomic mass is 9.99. The fourth-order valence-corrected chi connectivity index (χ4v) is 2.32. The molecule has 4 heteroatoms. The largest absolute Gasteiger partial charge is 0.372 e. The molecule has 0 bridgehead atoms. The van der Waals surface area contributed by atoms with Gasteiger partial charge >= 0.3 is 0 Å². The molecule has 19 heavy (non-hydrogen) atoms. The van der Waals surface area contributed by atoms with Gasteiger partial charge in [-0.25, -0.2) is 0 Å². The van der Waals surface area contributed by atoms with Gasteiger partial charge in [0.2, 0.25) is 5.91 Å². The quantitative estimate of drug-likeness (QED) is 0.860. The number of halogens is 1. The third kappa shape index (κ3) is 3.87. The predicted octanol–water partition coefficient (Wildman–Crippen LogP) is 3.49. The number of anilines is 2. The zero-order chi connectivity index (χ0) is 13.8. The first-order valence-corrected chi connectivity index (χ1v) is 7.30. The molecule has 0 aromatic heterocycles. The summed E-state index contributed by atoms with van der Waals surface area (Å²) in [5, 5.41) is 2.28. The van der Waals surface area contributed by atoms with E-state index in [1.807, 2.05) is 12.1 Å². The molecule has 1 N–H and O–H groups in total. The Balaban J connectivity index is 1.96. The van der Waals surface area contributed by atoms with Crippen molar-refractivity contribution in [2.24, 2.45) is 5.92 Å². The Morgan fingerprint density at radius 3 is 2.42 bits per heavy atom. The maximum atomic E-state index is 11.5. The Morgan fingerprint density at radius 1 is 1.32 bits per heavy atom. The Hall–Kier alpha value is -1.22. The minimum Gasteiger partial charge on any atom is -0.372 e. The van der Waals surface area contributed by atoms with Crippen LogP contribution in [0.2, 0.25) is 0 Å². The molecule has 104 valence electrons. The molecule has 1 heterocycles. The summed E-state index contributed by atoms with van der Waals surface area (Å²) in [5.74, 6) is 0.668. The minimum absolute atomic E-state index is 0.166. The maximum absolute atomic E-state index is 11.5. The molecule has 3 nitrogen and oxygen atoms in total. The summed E-state index contributed by atoms with van der Waals surface area (Å²) >= 11 is 5.72. The normalized spacial score (nSPS) is 18.2. The summed E-state index contributed by atoms with van der Waals surface area (Å²) in [6.45, 7) is 6.21. The molecule has 1 aliphatic rings. The lowest BCUT2D eigenvalue weighted by molar-refractivity contribution is -0.115. The molecule has 1 aromatic rings. The molecule has 0 spiro atoms. The molecule has 0 saturated carbocycles. The van der Waals surface area contributed by atoms with Gasteiger partial charge in [0.05, 0.1) is 0 Å². The number of carbonyl (C=O) groups is 1. The van der Waals surface area contributed by atoms with Crippen molar-refractivity contribution in [3.63, 3.8) is 0 Å². The summed E-state index contributed by atoms with van der Waals surface area (Å²) in [4.78, 5) is 13.9. The average Bonchev–Trinajstić information content (AvgIpc) is 2.40. The van der Waals surface area contributed by atoms with E-state index in [2.05, 4.69) is 29.3 Å². The van der Waals surface area contributed by atoms with Gasteiger partial charge in [-0.15, -0.1) is 11.6 Å². The van der Waals surface area contributed by atoms with Gasteiger partial charge in [-0.05, 0) is 49.9 Å². The molecule has 1 atom stereocenters.